The van der Waals surface area contributed by atoms with Crippen molar-refractivity contribution in [1.29, 1.82) is 0 Å². The lowest BCUT2D eigenvalue weighted by Gasteiger charge is -2.43. The van der Waals surface area contributed by atoms with E-state index in [2.05, 4.69) is 67.3 Å². The first kappa shape index (κ1) is 55.6. The molecule has 9 heterocycles. The molecule has 5 N–H and O–H groups in total. The summed E-state index contributed by atoms with van der Waals surface area (Å²) in [6.07, 6.45) is 7.74. The molecule has 82 heavy (non-hydrogen) atoms. The van der Waals surface area contributed by atoms with Crippen molar-refractivity contribution in [2.24, 2.45) is 5.92 Å². The number of carbonyl (C=O) groups is 2. The maximum absolute atomic E-state index is 14.4. The highest BCUT2D eigenvalue weighted by molar-refractivity contribution is 7.13. The van der Waals surface area contributed by atoms with E-state index in [-0.39, 0.29) is 60.8 Å². The predicted molar refractivity (Wildman–Crippen MR) is 315 cm³/mol. The van der Waals surface area contributed by atoms with E-state index in [0.29, 0.717) is 46.6 Å². The fourth-order valence-electron chi connectivity index (χ4n) is 13.2. The number of aryl methyl sites for hydroxylation is 1. The highest BCUT2D eigenvalue weighted by Crippen LogP contribution is 2.41. The first-order chi connectivity index (χ1) is 39.8. The van der Waals surface area contributed by atoms with Crippen molar-refractivity contribution < 1.29 is 33.8 Å². The third-order valence-electron chi connectivity index (χ3n) is 17.9. The minimum Gasteiger partial charge on any atom is -0.507 e. The number of hydrogen-bond donors (Lipinski definition) is 4. The van der Waals surface area contributed by atoms with Crippen LogP contribution >= 0.6 is 11.3 Å². The Balaban J connectivity index is 0.553. The number of aromatic hydroxyl groups is 1. The lowest BCUT2D eigenvalue weighted by Crippen LogP contribution is -2.54. The number of ether oxygens (including phenoxy) is 2. The minimum atomic E-state index is -0.805. The van der Waals surface area contributed by atoms with E-state index < -0.39 is 18.1 Å². The summed E-state index contributed by atoms with van der Waals surface area (Å²) in [6, 6.07) is 22.8. The molecule has 2 aromatic carbocycles. The maximum atomic E-state index is 14.4. The Hall–Kier alpha value is -6.91. The molecule has 0 spiro atoms. The summed E-state index contributed by atoms with van der Waals surface area (Å²) in [5.41, 5.74) is 14.5. The van der Waals surface area contributed by atoms with Gasteiger partial charge < -0.3 is 59.8 Å². The van der Waals surface area contributed by atoms with E-state index >= 15 is 0 Å². The second kappa shape index (κ2) is 24.1. The van der Waals surface area contributed by atoms with Gasteiger partial charge in [0.1, 0.15) is 23.8 Å². The number of aliphatic hydroxyl groups excluding tert-OH is 1. The van der Waals surface area contributed by atoms with E-state index in [0.717, 1.165) is 137 Å². The van der Waals surface area contributed by atoms with Crippen LogP contribution in [0.1, 0.15) is 94.7 Å². The van der Waals surface area contributed by atoms with Crippen LogP contribution in [0.2, 0.25) is 0 Å². The molecule has 5 saturated heterocycles. The van der Waals surface area contributed by atoms with Crippen LogP contribution in [-0.4, -0.2) is 177 Å². The molecule has 2 bridgehead atoms. The van der Waals surface area contributed by atoms with Gasteiger partial charge in [0, 0.05) is 133 Å². The number of β-amino-alcohol motifs (C(OH)–C–C–N with tert-alkyl or cyclic N) is 1. The lowest BCUT2D eigenvalue weighted by atomic mass is 9.91. The SMILES string of the molecule is Cc1ncsc1-c1ccc([C@H](C)NC(=O)[C@@H]2C[C@@H](O)CN2C(=O)[C@H](c2cc(N3CCN(CCN4CCC(OC5CC(Oc6cc(N7C8CC[C@@H]7CN(c7cc(-c9ccccc9O)nnc7N)C8)ccn6)C5)CC4)CC3)no2)C(C)C)cc1. The number of thiazole rings is 1. The van der Waals surface area contributed by atoms with Crippen LogP contribution in [-0.2, 0) is 14.3 Å². The van der Waals surface area contributed by atoms with Crippen molar-refractivity contribution in [3.63, 3.8) is 0 Å². The minimum absolute atomic E-state index is 0.0816. The standard InChI is InChI=1S/C61H77N13O7S/c1-37(2)57(61(78)73-35-45(75)28-52(73)60(77)65-38(3)40-9-11-41(12-10-40)58-39(4)64-36-82-58)54-32-55(68-81-54)71-25-23-70(24-26-71)22-21-69-19-16-46(17-20-69)79-47-29-48(30-47)80-56-27-42(15-18-63-56)74-43-13-14-44(74)34-72(33-43)51-31-50(66-67-59(51)62)49-7-5-6-8-53(49)76/h5-12,15,18,27,31-32,36-38,43-48,52,57,75-76H,13-14,16-17,19-26,28-30,33-35H2,1-4H3,(H2,62,67)(H,65,77)/t38-,43+,44?,45+,47?,48?,52-,57-/m0/s1. The van der Waals surface area contributed by atoms with Crippen LogP contribution in [0, 0.1) is 12.8 Å². The average Bonchev–Trinajstić information content (AvgIpc) is 3.82. The number of phenols is 1. The average molecular weight is 1140 g/mol. The number of nitrogen functional groups attached to an aromatic ring is 1. The van der Waals surface area contributed by atoms with Gasteiger partial charge in [-0.15, -0.1) is 21.5 Å². The number of pyridine rings is 1. The van der Waals surface area contributed by atoms with Crippen molar-refractivity contribution in [2.45, 2.75) is 127 Å². The largest absolute Gasteiger partial charge is 0.507 e. The second-order valence-electron chi connectivity index (χ2n) is 23.7. The third kappa shape index (κ3) is 12.0. The number of carbonyl (C=O) groups excluding carboxylic acids is 2. The van der Waals surface area contributed by atoms with E-state index in [1.807, 2.05) is 87.9 Å². The number of likely N-dealkylation sites (tertiary alicyclic amines) is 2. The number of para-hydroxylation sites is 1. The van der Waals surface area contributed by atoms with Gasteiger partial charge in [0.05, 0.1) is 51.8 Å². The van der Waals surface area contributed by atoms with Gasteiger partial charge >= 0.3 is 0 Å². The Bertz CT molecular complexity index is 3160. The smallest absolute Gasteiger partial charge is 0.243 e. The number of nitrogens with one attached hydrogen (secondary N) is 1. The number of fused-ring (bicyclic) bond motifs is 2. The molecule has 20 nitrogen and oxygen atoms in total. The Kier molecular flexibility index (Phi) is 16.4. The van der Waals surface area contributed by atoms with E-state index in [4.69, 9.17) is 19.7 Å². The zero-order valence-electron chi connectivity index (χ0n) is 47.4. The van der Waals surface area contributed by atoms with Crippen molar-refractivity contribution >= 4 is 46.2 Å². The van der Waals surface area contributed by atoms with Gasteiger partial charge in [-0.2, -0.15) is 0 Å². The van der Waals surface area contributed by atoms with Crippen LogP contribution in [0.4, 0.5) is 23.0 Å². The van der Waals surface area contributed by atoms with Gasteiger partial charge in [-0.3, -0.25) is 14.5 Å². The number of nitrogens with zero attached hydrogens (tertiary/aromatic N) is 11. The van der Waals surface area contributed by atoms with E-state index in [1.165, 1.54) is 4.90 Å². The maximum Gasteiger partial charge on any atom is 0.243 e. The molecular weight excluding hydrogens is 1060 g/mol. The number of nitrogens with two attached hydrogens (primary N) is 1. The van der Waals surface area contributed by atoms with Gasteiger partial charge in [-0.05, 0) is 80.8 Å². The predicted octanol–water partition coefficient (Wildman–Crippen LogP) is 6.90. The van der Waals surface area contributed by atoms with Gasteiger partial charge in [-0.1, -0.05) is 55.4 Å². The number of anilines is 4. The number of amides is 2. The van der Waals surface area contributed by atoms with Gasteiger partial charge in [0.15, 0.2) is 17.4 Å². The molecule has 434 valence electrons. The highest BCUT2D eigenvalue weighted by atomic mass is 32.1. The summed E-state index contributed by atoms with van der Waals surface area (Å²) in [6.45, 7) is 17.0. The molecule has 5 aliphatic heterocycles. The summed E-state index contributed by atoms with van der Waals surface area (Å²) in [4.78, 5) is 52.0. The monoisotopic (exact) mass is 1140 g/mol. The fraction of sp³-hybridized carbons (Fsp3) is 0.525. The molecule has 6 atom stereocenters. The van der Waals surface area contributed by atoms with Gasteiger partial charge in [0.2, 0.25) is 17.7 Å². The number of aliphatic hydroxyl groups is 1. The zero-order valence-corrected chi connectivity index (χ0v) is 48.2. The van der Waals surface area contributed by atoms with Crippen LogP contribution in [0.3, 0.4) is 0 Å². The Labute approximate surface area is 483 Å². The van der Waals surface area contributed by atoms with E-state index in [1.54, 1.807) is 23.5 Å². The van der Waals surface area contributed by atoms with Crippen LogP contribution < -0.4 is 30.5 Å². The normalized spacial score (nSPS) is 24.2. The highest BCUT2D eigenvalue weighted by Gasteiger charge is 2.45. The van der Waals surface area contributed by atoms with Crippen molar-refractivity contribution in [1.82, 2.24) is 45.3 Å². The van der Waals surface area contributed by atoms with Crippen molar-refractivity contribution in [3.8, 4) is 33.3 Å². The first-order valence-electron chi connectivity index (χ1n) is 29.5. The number of piperazine rings is 2. The summed E-state index contributed by atoms with van der Waals surface area (Å²) >= 11 is 1.60. The lowest BCUT2D eigenvalue weighted by molar-refractivity contribution is -0.141. The third-order valence-corrected chi connectivity index (χ3v) is 18.9. The molecule has 6 aromatic rings. The quantitative estimate of drug-likeness (QED) is 0.0686. The number of phenolic OH excluding ortho intramolecular Hbond substituents is 1. The molecule has 0 radical (unpaired) electrons. The summed E-state index contributed by atoms with van der Waals surface area (Å²) < 4.78 is 19.0. The van der Waals surface area contributed by atoms with Crippen LogP contribution in [0.15, 0.2) is 89.0 Å². The van der Waals surface area contributed by atoms with Gasteiger partial charge in [0.25, 0.3) is 0 Å². The summed E-state index contributed by atoms with van der Waals surface area (Å²) in [7, 11) is 0. The Morgan fingerprint density at radius 2 is 1.55 bits per heavy atom. The number of hydrogen-bond acceptors (Lipinski definition) is 19. The van der Waals surface area contributed by atoms with E-state index in [9.17, 15) is 19.8 Å². The van der Waals surface area contributed by atoms with Gasteiger partial charge in [-0.25, -0.2) is 9.97 Å². The zero-order chi connectivity index (χ0) is 56.6. The topological polar surface area (TPSA) is 228 Å². The van der Waals surface area contributed by atoms with Crippen LogP contribution in [0.5, 0.6) is 11.6 Å². The number of piperidine rings is 1. The number of benzene rings is 2. The molecule has 12 rings (SSSR count). The molecule has 6 aliphatic rings. The Morgan fingerprint density at radius 1 is 0.817 bits per heavy atom. The Morgan fingerprint density at radius 3 is 2.26 bits per heavy atom. The second-order valence-corrected chi connectivity index (χ2v) is 24.6. The molecular formula is C61H77N13O7S. The van der Waals surface area contributed by atoms with Crippen molar-refractivity contribution in [2.75, 3.05) is 92.4 Å². The van der Waals surface area contributed by atoms with Crippen molar-refractivity contribution in [3.05, 3.63) is 102 Å². The molecule has 1 unspecified atom stereocenters. The number of rotatable bonds is 18. The first-order valence-corrected chi connectivity index (χ1v) is 30.3. The summed E-state index contributed by atoms with van der Waals surface area (Å²) in [5.74, 6) is 1.09. The van der Waals surface area contributed by atoms with Crippen LogP contribution in [0.25, 0.3) is 21.7 Å². The fourth-order valence-corrected chi connectivity index (χ4v) is 14.0. The molecule has 21 heteroatoms. The molecule has 1 saturated carbocycles. The molecule has 1 aliphatic carbocycles. The molecule has 4 aromatic heterocycles. The summed E-state index contributed by atoms with van der Waals surface area (Å²) in [5, 5.41) is 37.4. The molecule has 2 amide bonds. The molecule has 6 fully saturated rings. The number of aromatic nitrogens is 5.